The number of carbonyl (C=O) groups is 1. The van der Waals surface area contributed by atoms with E-state index in [1.54, 1.807) is 12.5 Å². The van der Waals surface area contributed by atoms with Crippen LogP contribution in [0, 0.1) is 0 Å². The van der Waals surface area contributed by atoms with Gasteiger partial charge in [-0.3, -0.25) is 9.78 Å². The number of aliphatic hydroxyl groups excluding tert-OH is 1. The van der Waals surface area contributed by atoms with Gasteiger partial charge in [-0.25, -0.2) is 4.98 Å². The van der Waals surface area contributed by atoms with Gasteiger partial charge < -0.3 is 14.4 Å². The number of hydrogen-bond donors (Lipinski definition) is 1. The van der Waals surface area contributed by atoms with Gasteiger partial charge in [0.05, 0.1) is 12.3 Å². The third kappa shape index (κ3) is 2.90. The number of oxazole rings is 1. The molecule has 0 saturated carbocycles. The first-order valence-electron chi connectivity index (χ1n) is 9.68. The van der Waals surface area contributed by atoms with Gasteiger partial charge in [0.25, 0.3) is 5.91 Å². The second-order valence-corrected chi connectivity index (χ2v) is 7.39. The molecule has 3 heterocycles. The predicted molar refractivity (Wildman–Crippen MR) is 103 cm³/mol. The van der Waals surface area contributed by atoms with Crippen LogP contribution >= 0.6 is 0 Å². The smallest absolute Gasteiger partial charge is 0.254 e. The van der Waals surface area contributed by atoms with Crippen LogP contribution in [-0.4, -0.2) is 32.4 Å². The van der Waals surface area contributed by atoms with Crippen molar-refractivity contribution >= 4 is 5.91 Å². The highest BCUT2D eigenvalue weighted by molar-refractivity contribution is 6.00. The van der Waals surface area contributed by atoms with Gasteiger partial charge in [0, 0.05) is 47.6 Å². The van der Waals surface area contributed by atoms with Crippen LogP contribution < -0.4 is 0 Å². The van der Waals surface area contributed by atoms with Gasteiger partial charge in [-0.05, 0) is 43.0 Å². The van der Waals surface area contributed by atoms with E-state index >= 15 is 0 Å². The van der Waals surface area contributed by atoms with E-state index < -0.39 is 6.10 Å². The molecule has 6 nitrogen and oxygen atoms in total. The van der Waals surface area contributed by atoms with E-state index in [0.29, 0.717) is 25.4 Å². The Morgan fingerprint density at radius 2 is 2.11 bits per heavy atom. The van der Waals surface area contributed by atoms with Crippen molar-refractivity contribution in [2.75, 3.05) is 6.54 Å². The van der Waals surface area contributed by atoms with Gasteiger partial charge in [-0.1, -0.05) is 12.1 Å². The van der Waals surface area contributed by atoms with Gasteiger partial charge in [-0.15, -0.1) is 0 Å². The summed E-state index contributed by atoms with van der Waals surface area (Å²) >= 11 is 0. The van der Waals surface area contributed by atoms with Gasteiger partial charge in [0.2, 0.25) is 5.89 Å². The van der Waals surface area contributed by atoms with Crippen molar-refractivity contribution in [2.45, 2.75) is 38.3 Å². The average molecular weight is 375 g/mol. The van der Waals surface area contributed by atoms with E-state index in [-0.39, 0.29) is 5.91 Å². The Labute approximate surface area is 162 Å². The highest BCUT2D eigenvalue weighted by atomic mass is 16.3. The number of aromatic nitrogens is 2. The van der Waals surface area contributed by atoms with Crippen LogP contribution in [0.5, 0.6) is 0 Å². The molecule has 0 bridgehead atoms. The fraction of sp³-hybridized carbons (Fsp3) is 0.318. The summed E-state index contributed by atoms with van der Waals surface area (Å²) in [5, 5.41) is 10.1. The summed E-state index contributed by atoms with van der Waals surface area (Å²) in [7, 11) is 0. The number of benzene rings is 1. The summed E-state index contributed by atoms with van der Waals surface area (Å²) in [5.41, 5.74) is 5.48. The molecule has 1 amide bonds. The first-order valence-corrected chi connectivity index (χ1v) is 9.68. The Balaban J connectivity index is 1.33. The molecule has 1 N–H and O–H groups in total. The van der Waals surface area contributed by atoms with Gasteiger partial charge in [-0.2, -0.15) is 0 Å². The molecule has 1 unspecified atom stereocenters. The monoisotopic (exact) mass is 375 g/mol. The Hall–Kier alpha value is -2.99. The SMILES string of the molecule is O=C1c2cccc(-c3ncco3)c2CN1CCc1ccc2c(n1)CCCC2O. The molecule has 1 aliphatic heterocycles. The number of nitrogens with zero attached hydrogens (tertiary/aromatic N) is 3. The fourth-order valence-electron chi connectivity index (χ4n) is 4.20. The number of rotatable bonds is 4. The summed E-state index contributed by atoms with van der Waals surface area (Å²) in [6, 6.07) is 9.64. The molecule has 2 aromatic heterocycles. The van der Waals surface area contributed by atoms with Crippen LogP contribution in [0.15, 0.2) is 47.2 Å². The third-order valence-corrected chi connectivity index (χ3v) is 5.66. The topological polar surface area (TPSA) is 79.5 Å². The van der Waals surface area contributed by atoms with Crippen molar-refractivity contribution in [3.05, 3.63) is 70.9 Å². The lowest BCUT2D eigenvalue weighted by molar-refractivity contribution is 0.0780. The maximum Gasteiger partial charge on any atom is 0.254 e. The zero-order valence-electron chi connectivity index (χ0n) is 15.5. The first-order chi connectivity index (χ1) is 13.7. The van der Waals surface area contributed by atoms with Crippen LogP contribution in [0.25, 0.3) is 11.5 Å². The van der Waals surface area contributed by atoms with Crippen molar-refractivity contribution in [3.8, 4) is 11.5 Å². The lowest BCUT2D eigenvalue weighted by Crippen LogP contribution is -2.26. The quantitative estimate of drug-likeness (QED) is 0.757. The number of carbonyl (C=O) groups excluding carboxylic acids is 1. The molecule has 28 heavy (non-hydrogen) atoms. The minimum atomic E-state index is -0.395. The molecule has 1 aliphatic carbocycles. The largest absolute Gasteiger partial charge is 0.445 e. The van der Waals surface area contributed by atoms with Crippen LogP contribution in [0.4, 0.5) is 0 Å². The summed E-state index contributed by atoms with van der Waals surface area (Å²) in [5.74, 6) is 0.582. The number of aryl methyl sites for hydroxylation is 1. The lowest BCUT2D eigenvalue weighted by atomic mass is 9.93. The number of hydrogen-bond acceptors (Lipinski definition) is 5. The predicted octanol–water partition coefficient (Wildman–Crippen LogP) is 3.30. The molecular formula is C22H21N3O3. The van der Waals surface area contributed by atoms with Crippen molar-refractivity contribution in [3.63, 3.8) is 0 Å². The van der Waals surface area contributed by atoms with Gasteiger partial charge in [0.15, 0.2) is 0 Å². The van der Waals surface area contributed by atoms with Gasteiger partial charge in [0.1, 0.15) is 6.26 Å². The van der Waals surface area contributed by atoms with E-state index in [2.05, 4.69) is 4.98 Å². The molecule has 0 fully saturated rings. The minimum Gasteiger partial charge on any atom is -0.445 e. The Morgan fingerprint density at radius 3 is 2.96 bits per heavy atom. The molecule has 142 valence electrons. The van der Waals surface area contributed by atoms with Crippen molar-refractivity contribution in [1.82, 2.24) is 14.9 Å². The van der Waals surface area contributed by atoms with Crippen molar-refractivity contribution in [1.29, 1.82) is 0 Å². The van der Waals surface area contributed by atoms with E-state index in [1.165, 1.54) is 0 Å². The van der Waals surface area contributed by atoms with Crippen molar-refractivity contribution in [2.24, 2.45) is 0 Å². The molecule has 2 aliphatic rings. The van der Waals surface area contributed by atoms with E-state index in [1.807, 2.05) is 35.2 Å². The van der Waals surface area contributed by atoms with E-state index in [9.17, 15) is 9.90 Å². The third-order valence-electron chi connectivity index (χ3n) is 5.66. The molecule has 5 rings (SSSR count). The Morgan fingerprint density at radius 1 is 1.21 bits per heavy atom. The summed E-state index contributed by atoms with van der Waals surface area (Å²) in [6.07, 6.45) is 6.14. The normalized spacial score (nSPS) is 18.2. The lowest BCUT2D eigenvalue weighted by Gasteiger charge is -2.21. The molecular weight excluding hydrogens is 354 g/mol. The molecule has 1 atom stereocenters. The standard InChI is InChI=1S/C22H21N3O3/c26-20-6-2-5-19-17(20)8-7-14(24-19)9-11-25-13-18-15(21-23-10-12-28-21)3-1-4-16(18)22(25)27/h1,3-4,7-8,10,12,20,26H,2,5-6,9,11,13H2. The molecule has 6 heteroatoms. The minimum absolute atomic E-state index is 0.0387. The second kappa shape index (κ2) is 6.87. The Kier molecular flexibility index (Phi) is 4.20. The highest BCUT2D eigenvalue weighted by Crippen LogP contribution is 2.32. The maximum absolute atomic E-state index is 12.8. The molecule has 1 aromatic carbocycles. The van der Waals surface area contributed by atoms with Crippen LogP contribution in [-0.2, 0) is 19.4 Å². The molecule has 3 aromatic rings. The van der Waals surface area contributed by atoms with Crippen LogP contribution in [0.3, 0.4) is 0 Å². The number of pyridine rings is 1. The average Bonchev–Trinajstić information content (AvgIpc) is 3.35. The number of aliphatic hydroxyl groups is 1. The van der Waals surface area contributed by atoms with Gasteiger partial charge >= 0.3 is 0 Å². The Bertz CT molecular complexity index is 1030. The zero-order chi connectivity index (χ0) is 19.1. The number of fused-ring (bicyclic) bond motifs is 2. The molecule has 0 saturated heterocycles. The number of amides is 1. The van der Waals surface area contributed by atoms with E-state index in [0.717, 1.165) is 52.9 Å². The van der Waals surface area contributed by atoms with Crippen molar-refractivity contribution < 1.29 is 14.3 Å². The summed E-state index contributed by atoms with van der Waals surface area (Å²) in [6.45, 7) is 1.16. The maximum atomic E-state index is 12.8. The summed E-state index contributed by atoms with van der Waals surface area (Å²) in [4.78, 5) is 23.7. The zero-order valence-corrected chi connectivity index (χ0v) is 15.5. The van der Waals surface area contributed by atoms with Crippen LogP contribution in [0.2, 0.25) is 0 Å². The molecule has 0 radical (unpaired) electrons. The van der Waals surface area contributed by atoms with Crippen LogP contribution in [0.1, 0.15) is 51.8 Å². The molecule has 0 spiro atoms. The highest BCUT2D eigenvalue weighted by Gasteiger charge is 2.30. The first kappa shape index (κ1) is 17.1. The summed E-state index contributed by atoms with van der Waals surface area (Å²) < 4.78 is 5.43. The fourth-order valence-corrected chi connectivity index (χ4v) is 4.20. The van der Waals surface area contributed by atoms with E-state index in [4.69, 9.17) is 9.40 Å². The second-order valence-electron chi connectivity index (χ2n) is 7.39.